The highest BCUT2D eigenvalue weighted by Crippen LogP contribution is 2.56. The predicted molar refractivity (Wildman–Crippen MR) is 158 cm³/mol. The number of amides is 2. The minimum Gasteiger partial charge on any atom is -0.451 e. The fraction of sp³-hybridized carbons (Fsp3) is 0.265. The third-order valence-electron chi connectivity index (χ3n) is 9.05. The Kier molecular flexibility index (Phi) is 6.43. The van der Waals surface area contributed by atoms with E-state index in [1.807, 2.05) is 6.07 Å². The van der Waals surface area contributed by atoms with Crippen molar-refractivity contribution in [3.8, 4) is 11.3 Å². The molecule has 2 amide bonds. The van der Waals surface area contributed by atoms with Crippen LogP contribution in [0, 0.1) is 23.7 Å². The molecule has 5 atom stereocenters. The second-order valence-electron chi connectivity index (χ2n) is 11.4. The molecule has 1 aromatic heterocycles. The lowest BCUT2D eigenvalue weighted by Crippen LogP contribution is -2.32. The molecule has 210 valence electrons. The topological polar surface area (TPSA) is 93.6 Å². The van der Waals surface area contributed by atoms with Crippen LogP contribution in [0.4, 0.5) is 5.69 Å². The number of halogens is 1. The SMILES string of the molecule is C[C@H](OC(=O)c1cc(-c2ccc(N3C(=O)[C@@H]4[C@@H]5CC[C@@H](C5)[C@@H]4C3=O)cc2)nc2ccccc12)C(=O)c1cccc(Cl)c1. The number of hydrogen-bond donors (Lipinski definition) is 0. The van der Waals surface area contributed by atoms with Gasteiger partial charge >= 0.3 is 5.97 Å². The van der Waals surface area contributed by atoms with E-state index < -0.39 is 12.1 Å². The van der Waals surface area contributed by atoms with Gasteiger partial charge in [0.2, 0.25) is 17.6 Å². The van der Waals surface area contributed by atoms with E-state index in [9.17, 15) is 19.2 Å². The number of anilines is 1. The second kappa shape index (κ2) is 10.2. The third kappa shape index (κ3) is 4.31. The van der Waals surface area contributed by atoms with Gasteiger partial charge in [-0.1, -0.05) is 54.1 Å². The number of pyridine rings is 1. The van der Waals surface area contributed by atoms with Gasteiger partial charge in [0, 0.05) is 21.5 Å². The number of carbonyl (C=O) groups is 4. The number of carbonyl (C=O) groups excluding carboxylic acids is 4. The standard InChI is InChI=1S/C34H27ClN2O5/c1-18(31(38)22-5-4-6-23(35)16-22)42-34(41)26-17-28(36-27-8-3-2-7-25(26)27)19-11-13-24(14-12-19)37-32(39)29-20-9-10-21(15-20)30(29)33(37)40/h2-8,11-14,16-18,20-21,29-30H,9-10,15H2,1H3/t18-,20-,21+,29-,30+/m0/s1. The van der Waals surface area contributed by atoms with Crippen LogP contribution in [-0.2, 0) is 14.3 Å². The van der Waals surface area contributed by atoms with E-state index in [2.05, 4.69) is 0 Å². The molecule has 7 rings (SSSR count). The molecule has 1 aliphatic heterocycles. The number of imide groups is 1. The molecule has 7 nitrogen and oxygen atoms in total. The van der Waals surface area contributed by atoms with Gasteiger partial charge in [0.25, 0.3) is 0 Å². The zero-order valence-electron chi connectivity index (χ0n) is 22.8. The van der Waals surface area contributed by atoms with E-state index in [0.717, 1.165) is 19.3 Å². The molecule has 0 N–H and O–H groups in total. The molecule has 42 heavy (non-hydrogen) atoms. The van der Waals surface area contributed by atoms with Crippen molar-refractivity contribution in [2.24, 2.45) is 23.7 Å². The Balaban J connectivity index is 1.16. The van der Waals surface area contributed by atoms with E-state index in [-0.39, 0.29) is 35.0 Å². The summed E-state index contributed by atoms with van der Waals surface area (Å²) in [5.41, 5.74) is 3.01. The van der Waals surface area contributed by atoms with Crippen molar-refractivity contribution in [1.82, 2.24) is 4.98 Å². The maximum absolute atomic E-state index is 13.4. The molecule has 8 heteroatoms. The van der Waals surface area contributed by atoms with Gasteiger partial charge in [-0.3, -0.25) is 19.3 Å². The van der Waals surface area contributed by atoms with Crippen molar-refractivity contribution in [2.75, 3.05) is 4.90 Å². The zero-order chi connectivity index (χ0) is 29.1. The molecule has 2 bridgehead atoms. The Labute approximate surface area is 247 Å². The van der Waals surface area contributed by atoms with Crippen LogP contribution in [0.15, 0.2) is 78.9 Å². The molecular formula is C34H27ClN2O5. The minimum atomic E-state index is -1.03. The summed E-state index contributed by atoms with van der Waals surface area (Å²) in [7, 11) is 0. The maximum atomic E-state index is 13.4. The van der Waals surface area contributed by atoms with E-state index in [1.165, 1.54) is 17.9 Å². The summed E-state index contributed by atoms with van der Waals surface area (Å²) >= 11 is 6.03. The van der Waals surface area contributed by atoms with Crippen LogP contribution in [-0.4, -0.2) is 34.7 Å². The number of esters is 1. The fourth-order valence-electron chi connectivity index (χ4n) is 7.09. The van der Waals surface area contributed by atoms with Gasteiger partial charge in [-0.25, -0.2) is 9.78 Å². The van der Waals surface area contributed by atoms with Crippen molar-refractivity contribution in [2.45, 2.75) is 32.3 Å². The number of benzene rings is 3. The van der Waals surface area contributed by atoms with Crippen LogP contribution in [0.2, 0.25) is 5.02 Å². The summed E-state index contributed by atoms with van der Waals surface area (Å²) in [5.74, 6) is -0.888. The highest BCUT2D eigenvalue weighted by Gasteiger charge is 2.61. The minimum absolute atomic E-state index is 0.0831. The lowest BCUT2D eigenvalue weighted by molar-refractivity contribution is -0.123. The average Bonchev–Trinajstić information content (AvgIpc) is 3.69. The number of nitrogens with zero attached hydrogens (tertiary/aromatic N) is 2. The highest BCUT2D eigenvalue weighted by molar-refractivity contribution is 6.31. The smallest absolute Gasteiger partial charge is 0.339 e. The number of fused-ring (bicyclic) bond motifs is 6. The predicted octanol–water partition coefficient (Wildman–Crippen LogP) is 6.52. The van der Waals surface area contributed by atoms with Crippen molar-refractivity contribution in [1.29, 1.82) is 0 Å². The Morgan fingerprint density at radius 1 is 0.905 bits per heavy atom. The second-order valence-corrected chi connectivity index (χ2v) is 11.9. The van der Waals surface area contributed by atoms with Gasteiger partial charge in [0.15, 0.2) is 6.10 Å². The highest BCUT2D eigenvalue weighted by atomic mass is 35.5. The first-order valence-electron chi connectivity index (χ1n) is 14.2. The molecular weight excluding hydrogens is 552 g/mol. The van der Waals surface area contributed by atoms with Crippen LogP contribution in [0.25, 0.3) is 22.2 Å². The number of Topliss-reactive ketones (excluding diaryl/α,β-unsaturated/α-hetero) is 1. The number of ether oxygens (including phenoxy) is 1. The molecule has 2 saturated carbocycles. The molecule has 0 spiro atoms. The van der Waals surface area contributed by atoms with E-state index in [0.29, 0.717) is 50.3 Å². The summed E-state index contributed by atoms with van der Waals surface area (Å²) in [6, 6.07) is 22.5. The molecule has 3 aliphatic rings. The number of ketones is 1. The van der Waals surface area contributed by atoms with Gasteiger partial charge in [0.05, 0.1) is 34.3 Å². The van der Waals surface area contributed by atoms with Gasteiger partial charge in [-0.05, 0) is 74.4 Å². The normalized spacial score (nSPS) is 23.3. The average molecular weight is 579 g/mol. The summed E-state index contributed by atoms with van der Waals surface area (Å²) < 4.78 is 5.62. The Hall–Kier alpha value is -4.36. The largest absolute Gasteiger partial charge is 0.451 e. The van der Waals surface area contributed by atoms with E-state index in [4.69, 9.17) is 21.3 Å². The van der Waals surface area contributed by atoms with Gasteiger partial charge < -0.3 is 4.74 Å². The van der Waals surface area contributed by atoms with E-state index in [1.54, 1.807) is 66.7 Å². The van der Waals surface area contributed by atoms with Crippen LogP contribution in [0.5, 0.6) is 0 Å². The Morgan fingerprint density at radius 2 is 1.60 bits per heavy atom. The zero-order valence-corrected chi connectivity index (χ0v) is 23.6. The lowest BCUT2D eigenvalue weighted by atomic mass is 9.81. The van der Waals surface area contributed by atoms with Gasteiger partial charge in [-0.2, -0.15) is 0 Å². The molecule has 4 aromatic rings. The molecule has 2 aliphatic carbocycles. The van der Waals surface area contributed by atoms with Crippen molar-refractivity contribution in [3.63, 3.8) is 0 Å². The number of rotatable bonds is 6. The monoisotopic (exact) mass is 578 g/mol. The first-order valence-corrected chi connectivity index (χ1v) is 14.6. The van der Waals surface area contributed by atoms with Crippen LogP contribution in [0.1, 0.15) is 46.9 Å². The number of para-hydroxylation sites is 1. The fourth-order valence-corrected chi connectivity index (χ4v) is 7.28. The Morgan fingerprint density at radius 3 is 2.29 bits per heavy atom. The molecule has 1 saturated heterocycles. The summed E-state index contributed by atoms with van der Waals surface area (Å²) in [5, 5.41) is 1.02. The molecule has 2 heterocycles. The van der Waals surface area contributed by atoms with Crippen molar-refractivity contribution in [3.05, 3.63) is 95.0 Å². The number of aromatic nitrogens is 1. The van der Waals surface area contributed by atoms with Crippen LogP contribution in [0.3, 0.4) is 0 Å². The molecule has 3 aromatic carbocycles. The summed E-state index contributed by atoms with van der Waals surface area (Å²) in [6.07, 6.45) is 2.02. The van der Waals surface area contributed by atoms with E-state index >= 15 is 0 Å². The van der Waals surface area contributed by atoms with Gasteiger partial charge in [0.1, 0.15) is 0 Å². The van der Waals surface area contributed by atoms with Crippen molar-refractivity contribution < 1.29 is 23.9 Å². The quantitative estimate of drug-likeness (QED) is 0.147. The third-order valence-corrected chi connectivity index (χ3v) is 9.28. The summed E-state index contributed by atoms with van der Waals surface area (Å²) in [6.45, 7) is 1.53. The lowest BCUT2D eigenvalue weighted by Gasteiger charge is -2.19. The molecule has 3 fully saturated rings. The van der Waals surface area contributed by atoms with Crippen LogP contribution >= 0.6 is 11.6 Å². The van der Waals surface area contributed by atoms with Crippen molar-refractivity contribution >= 4 is 51.8 Å². The van der Waals surface area contributed by atoms with Gasteiger partial charge in [-0.15, -0.1) is 0 Å². The first-order chi connectivity index (χ1) is 20.3. The first kappa shape index (κ1) is 26.5. The maximum Gasteiger partial charge on any atom is 0.339 e. The number of hydrogen-bond acceptors (Lipinski definition) is 6. The summed E-state index contributed by atoms with van der Waals surface area (Å²) in [4.78, 5) is 58.9. The Bertz CT molecular complexity index is 1760. The molecule has 0 unspecified atom stereocenters. The van der Waals surface area contributed by atoms with Crippen LogP contribution < -0.4 is 4.90 Å². The molecule has 0 radical (unpaired) electrons.